The van der Waals surface area contributed by atoms with Crippen LogP contribution in [0, 0.1) is 18.6 Å². The third-order valence-corrected chi connectivity index (χ3v) is 6.19. The van der Waals surface area contributed by atoms with Gasteiger partial charge in [-0.25, -0.2) is 18.7 Å². The fourth-order valence-electron chi connectivity index (χ4n) is 4.72. The first kappa shape index (κ1) is 20.5. The summed E-state index contributed by atoms with van der Waals surface area (Å²) in [5, 5.41) is 12.0. The Kier molecular flexibility index (Phi) is 5.12. The van der Waals surface area contributed by atoms with Gasteiger partial charge in [-0.1, -0.05) is 13.0 Å². The number of halogens is 2. The first-order valence-corrected chi connectivity index (χ1v) is 11.0. The highest BCUT2D eigenvalue weighted by Crippen LogP contribution is 2.38. The maximum Gasteiger partial charge on any atom is 0.175 e. The second-order valence-corrected chi connectivity index (χ2v) is 8.30. The molecular formula is C25H24F2N4O. The van der Waals surface area contributed by atoms with Gasteiger partial charge in [0.15, 0.2) is 5.82 Å². The highest BCUT2D eigenvalue weighted by Gasteiger charge is 2.23. The van der Waals surface area contributed by atoms with E-state index in [1.165, 1.54) is 18.6 Å². The van der Waals surface area contributed by atoms with Crippen molar-refractivity contribution in [1.82, 2.24) is 15.0 Å². The van der Waals surface area contributed by atoms with Crippen LogP contribution < -0.4 is 4.90 Å². The lowest BCUT2D eigenvalue weighted by Gasteiger charge is -2.28. The molecule has 7 heteroatoms. The third-order valence-electron chi connectivity index (χ3n) is 6.19. The van der Waals surface area contributed by atoms with Gasteiger partial charge in [0.05, 0.1) is 5.39 Å². The summed E-state index contributed by atoms with van der Waals surface area (Å²) >= 11 is 0. The standard InChI is InChI=1S/C25H24F2N4O/c1-3-17-20(26)8-7-15-11-16(32)12-18(21(15)17)23-22(27)24-19(13-28-23)25(30-14(2)29-24)31-9-5-4-6-10-31/h7-8,11-13,32H,3-6,9-10H2,1-2H3. The molecule has 2 aromatic heterocycles. The van der Waals surface area contributed by atoms with Gasteiger partial charge in [-0.2, -0.15) is 0 Å². The molecule has 0 spiro atoms. The van der Waals surface area contributed by atoms with E-state index in [-0.39, 0.29) is 22.8 Å². The number of piperidine rings is 1. The van der Waals surface area contributed by atoms with Crippen LogP contribution in [0.3, 0.4) is 0 Å². The maximum absolute atomic E-state index is 15.9. The molecule has 0 bridgehead atoms. The zero-order valence-corrected chi connectivity index (χ0v) is 18.1. The predicted octanol–water partition coefficient (Wildman–Crippen LogP) is 5.69. The summed E-state index contributed by atoms with van der Waals surface area (Å²) in [5.41, 5.74) is 1.05. The van der Waals surface area contributed by atoms with Crippen LogP contribution in [0.25, 0.3) is 32.9 Å². The van der Waals surface area contributed by atoms with E-state index in [0.29, 0.717) is 45.3 Å². The van der Waals surface area contributed by atoms with Gasteiger partial charge in [0.2, 0.25) is 0 Å². The molecule has 1 saturated heterocycles. The Morgan fingerprint density at radius 1 is 1.06 bits per heavy atom. The van der Waals surface area contributed by atoms with Crippen LogP contribution in [0.1, 0.15) is 37.6 Å². The monoisotopic (exact) mass is 434 g/mol. The lowest BCUT2D eigenvalue weighted by atomic mass is 9.94. The van der Waals surface area contributed by atoms with Gasteiger partial charge in [-0.3, -0.25) is 4.98 Å². The summed E-state index contributed by atoms with van der Waals surface area (Å²) in [7, 11) is 0. The van der Waals surface area contributed by atoms with Crippen LogP contribution in [0.2, 0.25) is 0 Å². The number of aromatic nitrogens is 3. The Bertz CT molecular complexity index is 1350. The van der Waals surface area contributed by atoms with Gasteiger partial charge in [-0.15, -0.1) is 0 Å². The van der Waals surface area contributed by atoms with Gasteiger partial charge in [-0.05, 0) is 67.1 Å². The third kappa shape index (κ3) is 3.32. The van der Waals surface area contributed by atoms with Gasteiger partial charge >= 0.3 is 0 Å². The molecule has 0 amide bonds. The molecular weight excluding hydrogens is 410 g/mol. The SMILES string of the molecule is CCc1c(F)ccc2cc(O)cc(-c3ncc4c(N5CCCCC5)nc(C)nc4c3F)c12. The fourth-order valence-corrected chi connectivity index (χ4v) is 4.72. The number of aromatic hydroxyl groups is 1. The lowest BCUT2D eigenvalue weighted by molar-refractivity contribution is 0.476. The topological polar surface area (TPSA) is 62.1 Å². The van der Waals surface area contributed by atoms with Crippen molar-refractivity contribution in [2.75, 3.05) is 18.0 Å². The van der Waals surface area contributed by atoms with Crippen LogP contribution >= 0.6 is 0 Å². The van der Waals surface area contributed by atoms with Crippen LogP contribution in [-0.2, 0) is 6.42 Å². The van der Waals surface area contributed by atoms with Gasteiger partial charge < -0.3 is 10.0 Å². The summed E-state index contributed by atoms with van der Waals surface area (Å²) in [5.74, 6) is 0.194. The Labute approximate surface area is 184 Å². The number of anilines is 1. The molecule has 0 aliphatic carbocycles. The molecule has 164 valence electrons. The number of rotatable bonds is 3. The minimum absolute atomic E-state index is 0.0321. The Hall–Kier alpha value is -3.35. The number of hydrogen-bond acceptors (Lipinski definition) is 5. The van der Waals surface area contributed by atoms with E-state index in [2.05, 4.69) is 19.9 Å². The average Bonchev–Trinajstić information content (AvgIpc) is 2.79. The molecule has 1 N–H and O–H groups in total. The second-order valence-electron chi connectivity index (χ2n) is 8.30. The van der Waals surface area contributed by atoms with Crippen molar-refractivity contribution < 1.29 is 13.9 Å². The zero-order valence-electron chi connectivity index (χ0n) is 18.1. The van der Waals surface area contributed by atoms with Crippen LogP contribution in [-0.4, -0.2) is 33.1 Å². The zero-order chi connectivity index (χ0) is 22.4. The maximum atomic E-state index is 15.9. The van der Waals surface area contributed by atoms with Crippen molar-refractivity contribution in [2.24, 2.45) is 0 Å². The number of hydrogen-bond donors (Lipinski definition) is 1. The van der Waals surface area contributed by atoms with Crippen LogP contribution in [0.4, 0.5) is 14.6 Å². The Morgan fingerprint density at radius 2 is 1.84 bits per heavy atom. The van der Waals surface area contributed by atoms with Crippen LogP contribution in [0.15, 0.2) is 30.5 Å². The van der Waals surface area contributed by atoms with E-state index in [0.717, 1.165) is 25.9 Å². The molecule has 1 aliphatic rings. The number of fused-ring (bicyclic) bond motifs is 2. The highest BCUT2D eigenvalue weighted by molar-refractivity contribution is 6.01. The molecule has 0 radical (unpaired) electrons. The van der Waals surface area contributed by atoms with Crippen molar-refractivity contribution in [3.63, 3.8) is 0 Å². The Morgan fingerprint density at radius 3 is 2.59 bits per heavy atom. The molecule has 3 heterocycles. The summed E-state index contributed by atoms with van der Waals surface area (Å²) < 4.78 is 30.5. The van der Waals surface area contributed by atoms with Crippen LogP contribution in [0.5, 0.6) is 5.75 Å². The lowest BCUT2D eigenvalue weighted by Crippen LogP contribution is -2.30. The van der Waals surface area contributed by atoms with E-state index in [4.69, 9.17) is 0 Å². The molecule has 0 atom stereocenters. The van der Waals surface area contributed by atoms with Crippen molar-refractivity contribution in [3.05, 3.63) is 53.5 Å². The van der Waals surface area contributed by atoms with E-state index in [9.17, 15) is 9.50 Å². The number of phenolic OH excluding ortho intramolecular Hbond substituents is 1. The Balaban J connectivity index is 1.79. The summed E-state index contributed by atoms with van der Waals surface area (Å²) in [6.07, 6.45) is 5.34. The normalized spacial score (nSPS) is 14.4. The van der Waals surface area contributed by atoms with Gasteiger partial charge in [0.1, 0.15) is 34.4 Å². The largest absolute Gasteiger partial charge is 0.508 e. The summed E-state index contributed by atoms with van der Waals surface area (Å²) in [4.78, 5) is 15.6. The quantitative estimate of drug-likeness (QED) is 0.449. The first-order valence-electron chi connectivity index (χ1n) is 11.0. The minimum Gasteiger partial charge on any atom is -0.508 e. The van der Waals surface area contributed by atoms with Gasteiger partial charge in [0.25, 0.3) is 0 Å². The van der Waals surface area contributed by atoms with Crippen molar-refractivity contribution >= 4 is 27.5 Å². The molecule has 1 fully saturated rings. The molecule has 32 heavy (non-hydrogen) atoms. The van der Waals surface area contributed by atoms with Gasteiger partial charge in [0, 0.05) is 24.8 Å². The highest BCUT2D eigenvalue weighted by atomic mass is 19.1. The minimum atomic E-state index is -0.593. The number of aryl methyl sites for hydroxylation is 2. The molecule has 1 aliphatic heterocycles. The van der Waals surface area contributed by atoms with E-state index in [1.54, 1.807) is 25.3 Å². The van der Waals surface area contributed by atoms with E-state index < -0.39 is 5.82 Å². The summed E-state index contributed by atoms with van der Waals surface area (Å²) in [6.45, 7) is 5.33. The van der Waals surface area contributed by atoms with E-state index in [1.807, 2.05) is 6.92 Å². The first-order chi connectivity index (χ1) is 15.5. The molecule has 0 unspecified atom stereocenters. The van der Waals surface area contributed by atoms with E-state index >= 15 is 4.39 Å². The molecule has 2 aromatic carbocycles. The smallest absolute Gasteiger partial charge is 0.175 e. The molecule has 4 aromatic rings. The fraction of sp³-hybridized carbons (Fsp3) is 0.320. The predicted molar refractivity (Wildman–Crippen MR) is 122 cm³/mol. The number of phenols is 1. The van der Waals surface area contributed by atoms with Crippen molar-refractivity contribution in [1.29, 1.82) is 0 Å². The molecule has 5 nitrogen and oxygen atoms in total. The number of nitrogens with zero attached hydrogens (tertiary/aromatic N) is 4. The molecule has 0 saturated carbocycles. The number of pyridine rings is 1. The van der Waals surface area contributed by atoms with Crippen molar-refractivity contribution in [3.8, 4) is 17.0 Å². The van der Waals surface area contributed by atoms with Crippen molar-refractivity contribution in [2.45, 2.75) is 39.5 Å². The number of benzene rings is 2. The average molecular weight is 434 g/mol. The summed E-state index contributed by atoms with van der Waals surface area (Å²) in [6, 6.07) is 5.96. The second kappa shape index (κ2) is 7.97. The molecule has 5 rings (SSSR count).